The van der Waals surface area contributed by atoms with Crippen molar-refractivity contribution in [3.05, 3.63) is 52.6 Å². The molecule has 3 rings (SSSR count). The van der Waals surface area contributed by atoms with Gasteiger partial charge in [-0.05, 0) is 66.4 Å². The first-order valence-electron chi connectivity index (χ1n) is 8.66. The smallest absolute Gasteiger partial charge is 0.268 e. The number of pyridine rings is 1. The topological polar surface area (TPSA) is 79.4 Å². The molecule has 6 nitrogen and oxygen atoms in total. The molecule has 1 unspecified atom stereocenters. The molecule has 0 bridgehead atoms. The molecule has 1 aromatic carbocycles. The molecular formula is C19H22BrN3O3S. The summed E-state index contributed by atoms with van der Waals surface area (Å²) in [5.74, 6) is 0.244. The SMILES string of the molecule is CC1CN(c2nc(Br)ccc2C(=O)NS(=O)(=O)c2ccccc2)C(C)(C)C1. The van der Waals surface area contributed by atoms with Crippen LogP contribution in [0.25, 0.3) is 0 Å². The Kier molecular flexibility index (Phi) is 5.31. The molecule has 1 N–H and O–H groups in total. The number of hydrogen-bond donors (Lipinski definition) is 1. The lowest BCUT2D eigenvalue weighted by atomic mass is 9.97. The van der Waals surface area contributed by atoms with E-state index in [2.05, 4.69) is 51.3 Å². The Morgan fingerprint density at radius 1 is 1.22 bits per heavy atom. The monoisotopic (exact) mass is 451 g/mol. The summed E-state index contributed by atoms with van der Waals surface area (Å²) >= 11 is 3.36. The lowest BCUT2D eigenvalue weighted by Gasteiger charge is -2.33. The normalized spacial score (nSPS) is 19.1. The van der Waals surface area contributed by atoms with Gasteiger partial charge in [-0.25, -0.2) is 18.1 Å². The number of nitrogens with zero attached hydrogens (tertiary/aromatic N) is 2. The van der Waals surface area contributed by atoms with Crippen LogP contribution in [0.4, 0.5) is 5.82 Å². The number of anilines is 1. The number of carbonyl (C=O) groups excluding carboxylic acids is 1. The molecule has 0 spiro atoms. The molecule has 1 aromatic heterocycles. The predicted molar refractivity (Wildman–Crippen MR) is 108 cm³/mol. The molecule has 8 heteroatoms. The molecule has 0 saturated carbocycles. The lowest BCUT2D eigenvalue weighted by Crippen LogP contribution is -2.41. The Balaban J connectivity index is 1.97. The highest BCUT2D eigenvalue weighted by Gasteiger charge is 2.39. The number of carbonyl (C=O) groups is 1. The van der Waals surface area contributed by atoms with E-state index < -0.39 is 15.9 Å². The van der Waals surface area contributed by atoms with Crippen LogP contribution in [0, 0.1) is 5.92 Å². The third-order valence-corrected chi connectivity index (χ3v) is 6.48. The van der Waals surface area contributed by atoms with Crippen molar-refractivity contribution < 1.29 is 13.2 Å². The van der Waals surface area contributed by atoms with Crippen molar-refractivity contribution in [2.75, 3.05) is 11.4 Å². The Morgan fingerprint density at radius 2 is 1.89 bits per heavy atom. The maximum atomic E-state index is 12.8. The molecule has 1 atom stereocenters. The molecule has 1 aliphatic rings. The minimum Gasteiger partial charge on any atom is -0.351 e. The van der Waals surface area contributed by atoms with Crippen LogP contribution in [0.15, 0.2) is 52.0 Å². The van der Waals surface area contributed by atoms with Crippen LogP contribution in [0.3, 0.4) is 0 Å². The van der Waals surface area contributed by atoms with Gasteiger partial charge in [0.25, 0.3) is 15.9 Å². The third-order valence-electron chi connectivity index (χ3n) is 4.69. The maximum absolute atomic E-state index is 12.8. The van der Waals surface area contributed by atoms with E-state index in [1.54, 1.807) is 30.3 Å². The van der Waals surface area contributed by atoms with E-state index in [1.807, 2.05) is 0 Å². The van der Waals surface area contributed by atoms with Gasteiger partial charge in [0.2, 0.25) is 0 Å². The number of rotatable bonds is 4. The van der Waals surface area contributed by atoms with E-state index in [0.717, 1.165) is 13.0 Å². The Hall–Kier alpha value is -1.93. The predicted octanol–water partition coefficient (Wildman–Crippen LogP) is 3.59. The lowest BCUT2D eigenvalue weighted by molar-refractivity contribution is 0.0981. The first kappa shape index (κ1) is 19.8. The molecule has 1 amide bonds. The van der Waals surface area contributed by atoms with Gasteiger partial charge in [-0.2, -0.15) is 0 Å². The van der Waals surface area contributed by atoms with Gasteiger partial charge in [-0.1, -0.05) is 25.1 Å². The number of amides is 1. The zero-order valence-electron chi connectivity index (χ0n) is 15.4. The van der Waals surface area contributed by atoms with Gasteiger partial charge in [0.05, 0.1) is 10.5 Å². The first-order chi connectivity index (χ1) is 12.6. The largest absolute Gasteiger partial charge is 0.351 e. The van der Waals surface area contributed by atoms with Gasteiger partial charge in [0, 0.05) is 12.1 Å². The summed E-state index contributed by atoms with van der Waals surface area (Å²) in [6.07, 6.45) is 0.963. The Morgan fingerprint density at radius 3 is 2.48 bits per heavy atom. The van der Waals surface area contributed by atoms with Crippen LogP contribution < -0.4 is 9.62 Å². The molecular weight excluding hydrogens is 430 g/mol. The van der Waals surface area contributed by atoms with Crippen molar-refractivity contribution >= 4 is 37.7 Å². The summed E-state index contributed by atoms with van der Waals surface area (Å²) in [4.78, 5) is 19.5. The Bertz CT molecular complexity index is 961. The average molecular weight is 452 g/mol. The first-order valence-corrected chi connectivity index (χ1v) is 10.9. The van der Waals surface area contributed by atoms with Gasteiger partial charge < -0.3 is 4.90 Å². The molecule has 27 heavy (non-hydrogen) atoms. The van der Waals surface area contributed by atoms with Gasteiger partial charge in [0.1, 0.15) is 10.4 Å². The fourth-order valence-corrected chi connectivity index (χ4v) is 4.89. The number of halogens is 1. The summed E-state index contributed by atoms with van der Waals surface area (Å²) in [7, 11) is -3.96. The number of hydrogen-bond acceptors (Lipinski definition) is 5. The Labute approximate surface area is 168 Å². The van der Waals surface area contributed by atoms with E-state index in [0.29, 0.717) is 16.3 Å². The van der Waals surface area contributed by atoms with Gasteiger partial charge >= 0.3 is 0 Å². The molecule has 2 aromatic rings. The zero-order valence-corrected chi connectivity index (χ0v) is 17.8. The third kappa shape index (κ3) is 4.16. The summed E-state index contributed by atoms with van der Waals surface area (Å²) in [5, 5.41) is 0. The van der Waals surface area contributed by atoms with Crippen LogP contribution in [0.5, 0.6) is 0 Å². The highest BCUT2D eigenvalue weighted by Crippen LogP contribution is 2.37. The van der Waals surface area contributed by atoms with Crippen molar-refractivity contribution in [2.24, 2.45) is 5.92 Å². The summed E-state index contributed by atoms with van der Waals surface area (Å²) in [6.45, 7) is 7.10. The van der Waals surface area contributed by atoms with Crippen molar-refractivity contribution in [1.29, 1.82) is 0 Å². The van der Waals surface area contributed by atoms with Gasteiger partial charge in [-0.3, -0.25) is 4.79 Å². The van der Waals surface area contributed by atoms with Crippen LogP contribution in [-0.4, -0.2) is 31.4 Å². The molecule has 1 fully saturated rings. The molecule has 1 saturated heterocycles. The minimum atomic E-state index is -3.96. The standard InChI is InChI=1S/C19H22BrN3O3S/c1-13-11-19(2,3)23(12-13)17-15(9-10-16(20)21-17)18(24)22-27(25,26)14-7-5-4-6-8-14/h4-10,13H,11-12H2,1-3H3,(H,22,24). The number of benzene rings is 1. The van der Waals surface area contributed by atoms with Crippen LogP contribution in [0.1, 0.15) is 37.6 Å². The van der Waals surface area contributed by atoms with Crippen molar-refractivity contribution in [1.82, 2.24) is 9.71 Å². The molecule has 0 aliphatic carbocycles. The second-order valence-corrected chi connectivity index (χ2v) is 9.98. The molecule has 0 radical (unpaired) electrons. The fourth-order valence-electron chi connectivity index (χ4n) is 3.60. The summed E-state index contributed by atoms with van der Waals surface area (Å²) < 4.78 is 27.8. The van der Waals surface area contributed by atoms with Crippen molar-refractivity contribution in [3.8, 4) is 0 Å². The van der Waals surface area contributed by atoms with E-state index in [-0.39, 0.29) is 16.0 Å². The van der Waals surface area contributed by atoms with E-state index in [1.165, 1.54) is 12.1 Å². The van der Waals surface area contributed by atoms with Crippen molar-refractivity contribution in [3.63, 3.8) is 0 Å². The van der Waals surface area contributed by atoms with Gasteiger partial charge in [0.15, 0.2) is 0 Å². The van der Waals surface area contributed by atoms with E-state index in [4.69, 9.17) is 0 Å². The van der Waals surface area contributed by atoms with Crippen LogP contribution in [-0.2, 0) is 10.0 Å². The summed E-state index contributed by atoms with van der Waals surface area (Å²) in [6, 6.07) is 11.1. The quantitative estimate of drug-likeness (QED) is 0.718. The minimum absolute atomic E-state index is 0.0418. The number of aromatic nitrogens is 1. The van der Waals surface area contributed by atoms with Crippen LogP contribution >= 0.6 is 15.9 Å². The van der Waals surface area contributed by atoms with Crippen molar-refractivity contribution in [2.45, 2.75) is 37.6 Å². The van der Waals surface area contributed by atoms with Gasteiger partial charge in [-0.15, -0.1) is 0 Å². The van der Waals surface area contributed by atoms with Crippen LogP contribution in [0.2, 0.25) is 0 Å². The molecule has 1 aliphatic heterocycles. The average Bonchev–Trinajstić information content (AvgIpc) is 2.87. The molecule has 2 heterocycles. The van der Waals surface area contributed by atoms with E-state index in [9.17, 15) is 13.2 Å². The highest BCUT2D eigenvalue weighted by atomic mass is 79.9. The number of sulfonamides is 1. The maximum Gasteiger partial charge on any atom is 0.268 e. The summed E-state index contributed by atoms with van der Waals surface area (Å²) in [5.41, 5.74) is 0.0560. The van der Waals surface area contributed by atoms with E-state index >= 15 is 0 Å². The fraction of sp³-hybridized carbons (Fsp3) is 0.368. The second-order valence-electron chi connectivity index (χ2n) is 7.49. The molecule has 144 valence electrons. The highest BCUT2D eigenvalue weighted by molar-refractivity contribution is 9.10. The zero-order chi connectivity index (χ0) is 19.8. The number of nitrogens with one attached hydrogen (secondary N) is 1. The second kappa shape index (κ2) is 7.24.